The smallest absolute Gasteiger partial charge is 0.243 e. The first-order valence-corrected chi connectivity index (χ1v) is 11.1. The quantitative estimate of drug-likeness (QED) is 0.638. The minimum atomic E-state index is -0.351. The van der Waals surface area contributed by atoms with Gasteiger partial charge >= 0.3 is 0 Å². The molecular formula is C26H29N3O. The van der Waals surface area contributed by atoms with Crippen LogP contribution < -0.4 is 0 Å². The van der Waals surface area contributed by atoms with Crippen LogP contribution in [-0.4, -0.2) is 39.3 Å². The van der Waals surface area contributed by atoms with Crippen LogP contribution in [0.4, 0.5) is 0 Å². The molecule has 2 saturated heterocycles. The lowest BCUT2D eigenvalue weighted by Gasteiger charge is -2.45. The topological polar surface area (TPSA) is 36.4 Å². The van der Waals surface area contributed by atoms with Gasteiger partial charge in [0.05, 0.1) is 12.2 Å². The van der Waals surface area contributed by atoms with Crippen LogP contribution in [0.25, 0.3) is 10.8 Å². The molecule has 0 saturated carbocycles. The van der Waals surface area contributed by atoms with Crippen LogP contribution in [0, 0.1) is 6.92 Å². The predicted molar refractivity (Wildman–Crippen MR) is 120 cm³/mol. The first-order chi connectivity index (χ1) is 14.7. The number of hydrogen-bond donors (Lipinski definition) is 0. The molecule has 5 rings (SSSR count). The molecule has 0 aliphatic carbocycles. The summed E-state index contributed by atoms with van der Waals surface area (Å²) < 4.78 is 0. The number of nitrogens with zero attached hydrogens (tertiary/aromatic N) is 3. The second-order valence-electron chi connectivity index (χ2n) is 8.79. The average Bonchev–Trinajstić information content (AvgIpc) is 3.17. The van der Waals surface area contributed by atoms with Gasteiger partial charge in [-0.3, -0.25) is 14.7 Å². The molecule has 1 aromatic heterocycles. The third-order valence-corrected chi connectivity index (χ3v) is 7.03. The molecule has 3 aromatic rings. The Hall–Kier alpha value is -2.72. The summed E-state index contributed by atoms with van der Waals surface area (Å²) in [6, 6.07) is 19.0. The van der Waals surface area contributed by atoms with Gasteiger partial charge < -0.3 is 4.90 Å². The van der Waals surface area contributed by atoms with Gasteiger partial charge in [0.1, 0.15) is 5.54 Å². The van der Waals surface area contributed by atoms with Gasteiger partial charge in [-0.25, -0.2) is 0 Å². The average molecular weight is 400 g/mol. The van der Waals surface area contributed by atoms with Gasteiger partial charge in [0.25, 0.3) is 0 Å². The predicted octanol–water partition coefficient (Wildman–Crippen LogP) is 4.70. The van der Waals surface area contributed by atoms with E-state index in [4.69, 9.17) is 0 Å². The summed E-state index contributed by atoms with van der Waals surface area (Å²) in [6.45, 7) is 5.48. The first kappa shape index (κ1) is 19.3. The largest absolute Gasteiger partial charge is 0.335 e. The van der Waals surface area contributed by atoms with Crippen LogP contribution in [0.5, 0.6) is 0 Å². The van der Waals surface area contributed by atoms with E-state index in [1.54, 1.807) is 0 Å². The summed E-state index contributed by atoms with van der Waals surface area (Å²) >= 11 is 0. The number of rotatable bonds is 4. The lowest BCUT2D eigenvalue weighted by atomic mass is 9.84. The van der Waals surface area contributed by atoms with Gasteiger partial charge in [0, 0.05) is 19.3 Å². The first-order valence-electron chi connectivity index (χ1n) is 11.1. The zero-order valence-electron chi connectivity index (χ0n) is 17.7. The molecule has 2 fully saturated rings. The van der Waals surface area contributed by atoms with E-state index >= 15 is 0 Å². The van der Waals surface area contributed by atoms with Crippen LogP contribution in [0.2, 0.25) is 0 Å². The normalized spacial score (nSPS) is 22.3. The molecule has 4 heteroatoms. The fourth-order valence-electron chi connectivity index (χ4n) is 5.44. The van der Waals surface area contributed by atoms with Crippen LogP contribution in [0.15, 0.2) is 60.8 Å². The molecule has 0 bridgehead atoms. The van der Waals surface area contributed by atoms with Crippen molar-refractivity contribution in [2.75, 3.05) is 13.1 Å². The summed E-state index contributed by atoms with van der Waals surface area (Å²) in [5.41, 5.74) is 3.29. The van der Waals surface area contributed by atoms with E-state index in [1.165, 1.54) is 21.9 Å². The van der Waals surface area contributed by atoms with Gasteiger partial charge in [0.15, 0.2) is 0 Å². The van der Waals surface area contributed by atoms with E-state index in [1.807, 2.05) is 29.3 Å². The maximum absolute atomic E-state index is 13.8. The Kier molecular flexibility index (Phi) is 5.03. The molecule has 154 valence electrons. The fourth-order valence-corrected chi connectivity index (χ4v) is 5.44. The van der Waals surface area contributed by atoms with Gasteiger partial charge in [-0.05, 0) is 73.2 Å². The van der Waals surface area contributed by atoms with Crippen LogP contribution in [0.3, 0.4) is 0 Å². The number of carbonyl (C=O) groups excluding carboxylic acids is 1. The fraction of sp³-hybridized carbons (Fsp3) is 0.385. The number of amides is 1. The van der Waals surface area contributed by atoms with E-state index in [0.717, 1.165) is 51.0 Å². The van der Waals surface area contributed by atoms with E-state index in [2.05, 4.69) is 53.2 Å². The van der Waals surface area contributed by atoms with Crippen molar-refractivity contribution in [1.29, 1.82) is 0 Å². The molecule has 1 atom stereocenters. The Balaban J connectivity index is 1.44. The maximum atomic E-state index is 13.8. The van der Waals surface area contributed by atoms with Crippen LogP contribution >= 0.6 is 0 Å². The molecule has 1 amide bonds. The Bertz CT molecular complexity index is 1060. The summed E-state index contributed by atoms with van der Waals surface area (Å²) in [4.78, 5) is 22.7. The van der Waals surface area contributed by atoms with Crippen molar-refractivity contribution in [3.05, 3.63) is 77.6 Å². The highest BCUT2D eigenvalue weighted by Crippen LogP contribution is 2.40. The van der Waals surface area contributed by atoms with E-state index in [-0.39, 0.29) is 5.54 Å². The zero-order chi connectivity index (χ0) is 20.6. The van der Waals surface area contributed by atoms with Gasteiger partial charge in [0.2, 0.25) is 5.91 Å². The van der Waals surface area contributed by atoms with Crippen molar-refractivity contribution in [1.82, 2.24) is 14.8 Å². The molecular weight excluding hydrogens is 370 g/mol. The minimum absolute atomic E-state index is 0.301. The van der Waals surface area contributed by atoms with Gasteiger partial charge in [-0.15, -0.1) is 0 Å². The number of hydrogen-bond acceptors (Lipinski definition) is 3. The van der Waals surface area contributed by atoms with Crippen LogP contribution in [0.1, 0.15) is 42.5 Å². The summed E-state index contributed by atoms with van der Waals surface area (Å²) in [7, 11) is 0. The second-order valence-corrected chi connectivity index (χ2v) is 8.79. The molecule has 2 aliphatic heterocycles. The molecule has 2 aliphatic rings. The molecule has 1 unspecified atom stereocenters. The van der Waals surface area contributed by atoms with Crippen molar-refractivity contribution in [2.45, 2.75) is 51.2 Å². The Morgan fingerprint density at radius 2 is 1.73 bits per heavy atom. The summed E-state index contributed by atoms with van der Waals surface area (Å²) in [6.07, 6.45) is 5.89. The number of piperidine rings is 1. The minimum Gasteiger partial charge on any atom is -0.335 e. The van der Waals surface area contributed by atoms with Gasteiger partial charge in [-0.2, -0.15) is 0 Å². The van der Waals surface area contributed by atoms with Crippen molar-refractivity contribution in [2.24, 2.45) is 0 Å². The third kappa shape index (κ3) is 3.29. The lowest BCUT2D eigenvalue weighted by Crippen LogP contribution is -2.59. The summed E-state index contributed by atoms with van der Waals surface area (Å²) in [5.74, 6) is 0.301. The molecule has 3 heterocycles. The number of benzene rings is 2. The standard InChI is InChI=1S/C26H29N3O/c1-20-11-12-21-8-2-3-10-23(21)24(20)19-29-17-7-14-26(29)13-6-16-28(25(26)30)18-22-9-4-5-15-27-22/h2-5,8-12,15H,6-7,13-14,16-19H2,1H3. The van der Waals surface area contributed by atoms with Crippen LogP contribution in [-0.2, 0) is 17.9 Å². The number of fused-ring (bicyclic) bond motifs is 1. The second kappa shape index (κ2) is 7.84. The number of aryl methyl sites for hydroxylation is 1. The third-order valence-electron chi connectivity index (χ3n) is 7.03. The number of carbonyl (C=O) groups is 1. The molecule has 30 heavy (non-hydrogen) atoms. The van der Waals surface area contributed by atoms with E-state index in [0.29, 0.717) is 12.5 Å². The highest BCUT2D eigenvalue weighted by Gasteiger charge is 2.50. The van der Waals surface area contributed by atoms with E-state index in [9.17, 15) is 4.79 Å². The number of pyridine rings is 1. The molecule has 0 radical (unpaired) electrons. The number of aromatic nitrogens is 1. The highest BCUT2D eigenvalue weighted by molar-refractivity contribution is 5.88. The lowest BCUT2D eigenvalue weighted by molar-refractivity contribution is -0.148. The van der Waals surface area contributed by atoms with Gasteiger partial charge in [-0.1, -0.05) is 42.5 Å². The number of likely N-dealkylation sites (tertiary alicyclic amines) is 2. The monoisotopic (exact) mass is 399 g/mol. The Morgan fingerprint density at radius 1 is 0.933 bits per heavy atom. The summed E-state index contributed by atoms with van der Waals surface area (Å²) in [5, 5.41) is 2.59. The SMILES string of the molecule is Cc1ccc2ccccc2c1CN1CCCC12CCCN(Cc1ccccn1)C2=O. The maximum Gasteiger partial charge on any atom is 0.243 e. The highest BCUT2D eigenvalue weighted by atomic mass is 16.2. The zero-order valence-corrected chi connectivity index (χ0v) is 17.7. The van der Waals surface area contributed by atoms with Crippen molar-refractivity contribution < 1.29 is 4.79 Å². The van der Waals surface area contributed by atoms with Crippen molar-refractivity contribution >= 4 is 16.7 Å². The Labute approximate surface area is 178 Å². The molecule has 1 spiro atoms. The van der Waals surface area contributed by atoms with Crippen molar-refractivity contribution in [3.63, 3.8) is 0 Å². The Morgan fingerprint density at radius 3 is 2.57 bits per heavy atom. The molecule has 2 aromatic carbocycles. The molecule has 0 N–H and O–H groups in total. The molecule has 4 nitrogen and oxygen atoms in total. The van der Waals surface area contributed by atoms with Crippen molar-refractivity contribution in [3.8, 4) is 0 Å². The van der Waals surface area contributed by atoms with E-state index < -0.39 is 0 Å².